The van der Waals surface area contributed by atoms with Crippen molar-refractivity contribution in [3.63, 3.8) is 0 Å². The predicted molar refractivity (Wildman–Crippen MR) is 72.5 cm³/mol. The lowest BCUT2D eigenvalue weighted by molar-refractivity contribution is 0.247. The topological polar surface area (TPSA) is 12.0 Å². The molecule has 0 radical (unpaired) electrons. The average molecular weight is 258 g/mol. The van der Waals surface area contributed by atoms with Crippen LogP contribution in [0.1, 0.15) is 37.0 Å². The van der Waals surface area contributed by atoms with Crippen LogP contribution >= 0.6 is 22.9 Å². The molecular formula is C13H20ClNS. The van der Waals surface area contributed by atoms with E-state index in [2.05, 4.69) is 25.4 Å². The summed E-state index contributed by atoms with van der Waals surface area (Å²) in [5.41, 5.74) is 0. The second kappa shape index (κ2) is 5.52. The molecular weight excluding hydrogens is 238 g/mol. The van der Waals surface area contributed by atoms with Gasteiger partial charge < -0.3 is 5.32 Å². The third-order valence-corrected chi connectivity index (χ3v) is 5.04. The Morgan fingerprint density at radius 1 is 1.44 bits per heavy atom. The molecule has 0 saturated heterocycles. The largest absolute Gasteiger partial charge is 0.319 e. The van der Waals surface area contributed by atoms with Crippen LogP contribution in [0.4, 0.5) is 0 Å². The van der Waals surface area contributed by atoms with E-state index in [1.807, 2.05) is 6.07 Å². The molecule has 1 saturated carbocycles. The van der Waals surface area contributed by atoms with Gasteiger partial charge in [-0.15, -0.1) is 11.3 Å². The second-order valence-corrected chi connectivity index (χ2v) is 6.73. The first-order valence-corrected chi connectivity index (χ1v) is 7.30. The lowest BCUT2D eigenvalue weighted by atomic mass is 9.74. The summed E-state index contributed by atoms with van der Waals surface area (Å²) in [6.45, 7) is 3.50. The molecule has 1 aliphatic rings. The minimum absolute atomic E-state index is 0.716. The Morgan fingerprint density at radius 3 is 2.88 bits per heavy atom. The van der Waals surface area contributed by atoms with Gasteiger partial charge in [-0.2, -0.15) is 0 Å². The standard InChI is InChI=1S/C13H20ClNS/c1-9-3-4-10(8-15-2)11(7-9)12-5-6-13(14)16-12/h5-6,9-11,15H,3-4,7-8H2,1-2H3. The van der Waals surface area contributed by atoms with Gasteiger partial charge in [-0.05, 0) is 56.3 Å². The van der Waals surface area contributed by atoms with Crippen LogP contribution in [0, 0.1) is 11.8 Å². The lowest BCUT2D eigenvalue weighted by Crippen LogP contribution is -2.29. The van der Waals surface area contributed by atoms with Gasteiger partial charge in [0.15, 0.2) is 0 Å². The van der Waals surface area contributed by atoms with Crippen LogP contribution in [0.5, 0.6) is 0 Å². The highest BCUT2D eigenvalue weighted by molar-refractivity contribution is 7.16. The van der Waals surface area contributed by atoms with Crippen molar-refractivity contribution in [2.45, 2.75) is 32.1 Å². The van der Waals surface area contributed by atoms with E-state index in [0.29, 0.717) is 5.92 Å². The van der Waals surface area contributed by atoms with E-state index in [1.165, 1.54) is 24.1 Å². The Labute approximate surface area is 107 Å². The molecule has 1 N–H and O–H groups in total. The Balaban J connectivity index is 2.13. The van der Waals surface area contributed by atoms with Gasteiger partial charge in [0, 0.05) is 4.88 Å². The molecule has 1 aliphatic carbocycles. The van der Waals surface area contributed by atoms with Crippen molar-refractivity contribution in [2.75, 3.05) is 13.6 Å². The summed E-state index contributed by atoms with van der Waals surface area (Å²) in [6.07, 6.45) is 4.05. The fourth-order valence-electron chi connectivity index (χ4n) is 2.83. The molecule has 0 aliphatic heterocycles. The van der Waals surface area contributed by atoms with Crippen LogP contribution in [0.25, 0.3) is 0 Å². The molecule has 3 atom stereocenters. The molecule has 1 nitrogen and oxygen atoms in total. The van der Waals surface area contributed by atoms with Crippen LogP contribution in [0.3, 0.4) is 0 Å². The van der Waals surface area contributed by atoms with E-state index in [9.17, 15) is 0 Å². The molecule has 1 aromatic heterocycles. The van der Waals surface area contributed by atoms with Gasteiger partial charge >= 0.3 is 0 Å². The average Bonchev–Trinajstić information content (AvgIpc) is 2.68. The zero-order valence-corrected chi connectivity index (χ0v) is 11.6. The maximum atomic E-state index is 6.04. The molecule has 2 rings (SSSR count). The van der Waals surface area contributed by atoms with E-state index in [-0.39, 0.29) is 0 Å². The summed E-state index contributed by atoms with van der Waals surface area (Å²) in [7, 11) is 2.05. The number of thiophene rings is 1. The Bertz CT molecular complexity index is 336. The van der Waals surface area contributed by atoms with Crippen LogP contribution in [-0.4, -0.2) is 13.6 Å². The smallest absolute Gasteiger partial charge is 0.0931 e. The minimum atomic E-state index is 0.716. The van der Waals surface area contributed by atoms with Crippen LogP contribution in [0.2, 0.25) is 4.34 Å². The first-order chi connectivity index (χ1) is 7.70. The highest BCUT2D eigenvalue weighted by Gasteiger charge is 2.30. The highest BCUT2D eigenvalue weighted by atomic mass is 35.5. The summed E-state index contributed by atoms with van der Waals surface area (Å²) in [4.78, 5) is 1.48. The Kier molecular flexibility index (Phi) is 4.28. The molecule has 90 valence electrons. The van der Waals surface area contributed by atoms with Crippen LogP contribution in [-0.2, 0) is 0 Å². The molecule has 1 heterocycles. The first-order valence-electron chi connectivity index (χ1n) is 6.10. The SMILES string of the molecule is CNCC1CCC(C)CC1c1ccc(Cl)s1. The third-order valence-electron chi connectivity index (χ3n) is 3.68. The van der Waals surface area contributed by atoms with Gasteiger partial charge in [0.1, 0.15) is 0 Å². The predicted octanol–water partition coefficient (Wildman–Crippen LogP) is 4.14. The third kappa shape index (κ3) is 2.79. The second-order valence-electron chi connectivity index (χ2n) is 4.98. The Hall–Kier alpha value is -0.0500. The van der Waals surface area contributed by atoms with Crippen molar-refractivity contribution in [3.8, 4) is 0 Å². The van der Waals surface area contributed by atoms with Crippen molar-refractivity contribution in [3.05, 3.63) is 21.3 Å². The summed E-state index contributed by atoms with van der Waals surface area (Å²) in [6, 6.07) is 4.26. The molecule has 1 fully saturated rings. The maximum Gasteiger partial charge on any atom is 0.0931 e. The van der Waals surface area contributed by atoms with E-state index in [1.54, 1.807) is 11.3 Å². The fourth-order valence-corrected chi connectivity index (χ4v) is 4.09. The van der Waals surface area contributed by atoms with E-state index >= 15 is 0 Å². The molecule has 16 heavy (non-hydrogen) atoms. The van der Waals surface area contributed by atoms with Crippen molar-refractivity contribution >= 4 is 22.9 Å². The van der Waals surface area contributed by atoms with Crippen molar-refractivity contribution in [1.82, 2.24) is 5.32 Å². The fraction of sp³-hybridized carbons (Fsp3) is 0.692. The molecule has 1 aromatic rings. The summed E-state index contributed by atoms with van der Waals surface area (Å²) >= 11 is 7.81. The quantitative estimate of drug-likeness (QED) is 0.858. The normalized spacial score (nSPS) is 30.6. The number of hydrogen-bond donors (Lipinski definition) is 1. The number of hydrogen-bond acceptors (Lipinski definition) is 2. The molecule has 3 unspecified atom stereocenters. The lowest BCUT2D eigenvalue weighted by Gasteiger charge is -2.34. The number of nitrogens with one attached hydrogen (secondary N) is 1. The number of rotatable bonds is 3. The first kappa shape index (κ1) is 12.4. The summed E-state index contributed by atoms with van der Waals surface area (Å²) in [5.74, 6) is 2.36. The molecule has 0 amide bonds. The van der Waals surface area contributed by atoms with Gasteiger partial charge in [-0.1, -0.05) is 24.9 Å². The molecule has 0 bridgehead atoms. The Morgan fingerprint density at radius 2 is 2.25 bits per heavy atom. The highest BCUT2D eigenvalue weighted by Crippen LogP contribution is 2.43. The number of halogens is 1. The van der Waals surface area contributed by atoms with Crippen LogP contribution in [0.15, 0.2) is 12.1 Å². The van der Waals surface area contributed by atoms with E-state index in [4.69, 9.17) is 11.6 Å². The van der Waals surface area contributed by atoms with Gasteiger partial charge in [0.2, 0.25) is 0 Å². The minimum Gasteiger partial charge on any atom is -0.319 e. The van der Waals surface area contributed by atoms with Gasteiger partial charge in [0.25, 0.3) is 0 Å². The molecule has 3 heteroatoms. The van der Waals surface area contributed by atoms with Gasteiger partial charge in [-0.3, -0.25) is 0 Å². The molecule has 0 aromatic carbocycles. The molecule has 0 spiro atoms. The summed E-state index contributed by atoms with van der Waals surface area (Å²) < 4.78 is 0.927. The van der Waals surface area contributed by atoms with Gasteiger partial charge in [-0.25, -0.2) is 0 Å². The van der Waals surface area contributed by atoms with Gasteiger partial charge in [0.05, 0.1) is 4.34 Å². The van der Waals surface area contributed by atoms with E-state index in [0.717, 1.165) is 22.7 Å². The zero-order valence-electron chi connectivity index (χ0n) is 10.0. The van der Waals surface area contributed by atoms with Crippen LogP contribution < -0.4 is 5.32 Å². The monoisotopic (exact) mass is 257 g/mol. The van der Waals surface area contributed by atoms with Crippen molar-refractivity contribution in [2.24, 2.45) is 11.8 Å². The zero-order chi connectivity index (χ0) is 11.5. The maximum absolute atomic E-state index is 6.04. The summed E-state index contributed by atoms with van der Waals surface area (Å²) in [5, 5.41) is 3.33. The van der Waals surface area contributed by atoms with Crippen molar-refractivity contribution in [1.29, 1.82) is 0 Å². The van der Waals surface area contributed by atoms with E-state index < -0.39 is 0 Å². The van der Waals surface area contributed by atoms with Crippen molar-refractivity contribution < 1.29 is 0 Å².